The Morgan fingerprint density at radius 2 is 2.00 bits per heavy atom. The third kappa shape index (κ3) is 3.20. The standard InChI is InChI=1S/C15H23N3O3/c1-14(11-16,12-2-3-12)17-13(19)10-18-6-4-15(5-7-18)20-8-9-21-15/h12H,2-10H2,1H3,(H,17,19)/t14-/m0/s1. The Kier molecular flexibility index (Phi) is 3.91. The van der Waals surface area contributed by atoms with Crippen molar-refractivity contribution in [2.75, 3.05) is 32.8 Å². The van der Waals surface area contributed by atoms with E-state index in [1.807, 2.05) is 6.92 Å². The van der Waals surface area contributed by atoms with Crippen LogP contribution in [-0.2, 0) is 14.3 Å². The van der Waals surface area contributed by atoms with Gasteiger partial charge in [0.25, 0.3) is 0 Å². The predicted octanol–water partition coefficient (Wildman–Crippen LogP) is 0.634. The molecule has 116 valence electrons. The van der Waals surface area contributed by atoms with Gasteiger partial charge in [-0.2, -0.15) is 5.26 Å². The minimum absolute atomic E-state index is 0.0600. The normalized spacial score (nSPS) is 28.0. The fourth-order valence-electron chi connectivity index (χ4n) is 3.25. The van der Waals surface area contributed by atoms with Gasteiger partial charge in [-0.25, -0.2) is 0 Å². The monoisotopic (exact) mass is 293 g/mol. The molecule has 1 amide bonds. The summed E-state index contributed by atoms with van der Waals surface area (Å²) in [6, 6.07) is 2.26. The summed E-state index contributed by atoms with van der Waals surface area (Å²) in [6.07, 6.45) is 3.67. The van der Waals surface area contributed by atoms with Gasteiger partial charge in [-0.1, -0.05) is 0 Å². The van der Waals surface area contributed by atoms with Crippen LogP contribution in [0.3, 0.4) is 0 Å². The summed E-state index contributed by atoms with van der Waals surface area (Å²) < 4.78 is 11.4. The largest absolute Gasteiger partial charge is 0.347 e. The number of nitrogens with zero attached hydrogens (tertiary/aromatic N) is 2. The van der Waals surface area contributed by atoms with Crippen molar-refractivity contribution in [3.63, 3.8) is 0 Å². The van der Waals surface area contributed by atoms with Crippen LogP contribution >= 0.6 is 0 Å². The Hall–Kier alpha value is -1.16. The van der Waals surface area contributed by atoms with Crippen LogP contribution in [0, 0.1) is 17.2 Å². The maximum Gasteiger partial charge on any atom is 0.235 e. The second kappa shape index (κ2) is 5.56. The maximum atomic E-state index is 12.2. The average Bonchev–Trinajstić information content (AvgIpc) is 3.24. The summed E-state index contributed by atoms with van der Waals surface area (Å²) in [6.45, 7) is 5.10. The highest BCUT2D eigenvalue weighted by molar-refractivity contribution is 5.79. The van der Waals surface area contributed by atoms with Crippen LogP contribution in [-0.4, -0.2) is 55.0 Å². The van der Waals surface area contributed by atoms with Gasteiger partial charge in [-0.05, 0) is 25.7 Å². The lowest BCUT2D eigenvalue weighted by Crippen LogP contribution is -2.52. The number of amides is 1. The quantitative estimate of drug-likeness (QED) is 0.823. The third-order valence-electron chi connectivity index (χ3n) is 4.82. The number of hydrogen-bond donors (Lipinski definition) is 1. The zero-order chi connectivity index (χ0) is 14.9. The van der Waals surface area contributed by atoms with Crippen LogP contribution in [0.1, 0.15) is 32.6 Å². The first-order chi connectivity index (χ1) is 10.1. The molecule has 0 unspecified atom stereocenters. The fourth-order valence-corrected chi connectivity index (χ4v) is 3.25. The number of hydrogen-bond acceptors (Lipinski definition) is 5. The van der Waals surface area contributed by atoms with Crippen LogP contribution in [0.5, 0.6) is 0 Å². The van der Waals surface area contributed by atoms with Crippen molar-refractivity contribution in [3.8, 4) is 6.07 Å². The van der Waals surface area contributed by atoms with Gasteiger partial charge in [0.1, 0.15) is 5.54 Å². The third-order valence-corrected chi connectivity index (χ3v) is 4.82. The zero-order valence-electron chi connectivity index (χ0n) is 12.6. The Morgan fingerprint density at radius 3 is 2.52 bits per heavy atom. The number of piperidine rings is 1. The van der Waals surface area contributed by atoms with Gasteiger partial charge in [-0.3, -0.25) is 9.69 Å². The lowest BCUT2D eigenvalue weighted by molar-refractivity contribution is -0.185. The Morgan fingerprint density at radius 1 is 1.38 bits per heavy atom. The van der Waals surface area contributed by atoms with Crippen LogP contribution in [0.25, 0.3) is 0 Å². The van der Waals surface area contributed by atoms with E-state index in [1.165, 1.54) is 0 Å². The highest BCUT2D eigenvalue weighted by atomic mass is 16.7. The predicted molar refractivity (Wildman–Crippen MR) is 75.2 cm³/mol. The average molecular weight is 293 g/mol. The van der Waals surface area contributed by atoms with E-state index in [1.54, 1.807) is 0 Å². The molecule has 0 aromatic heterocycles. The molecule has 1 saturated carbocycles. The molecule has 3 fully saturated rings. The lowest BCUT2D eigenvalue weighted by Gasteiger charge is -2.37. The number of nitriles is 1. The molecule has 21 heavy (non-hydrogen) atoms. The van der Waals surface area contributed by atoms with Crippen molar-refractivity contribution >= 4 is 5.91 Å². The minimum Gasteiger partial charge on any atom is -0.347 e. The summed E-state index contributed by atoms with van der Waals surface area (Å²) in [7, 11) is 0. The molecular formula is C15H23N3O3. The van der Waals surface area contributed by atoms with E-state index in [2.05, 4.69) is 16.3 Å². The van der Waals surface area contributed by atoms with Gasteiger partial charge in [0.15, 0.2) is 5.79 Å². The van der Waals surface area contributed by atoms with E-state index in [9.17, 15) is 10.1 Å². The number of nitrogens with one attached hydrogen (secondary N) is 1. The highest BCUT2D eigenvalue weighted by Crippen LogP contribution is 2.39. The smallest absolute Gasteiger partial charge is 0.235 e. The summed E-state index contributed by atoms with van der Waals surface area (Å²) in [5.74, 6) is -0.145. The number of ether oxygens (including phenoxy) is 2. The Labute approximate surface area is 125 Å². The number of carbonyl (C=O) groups excluding carboxylic acids is 1. The number of likely N-dealkylation sites (tertiary alicyclic amines) is 1. The molecule has 2 heterocycles. The van der Waals surface area contributed by atoms with Gasteiger partial charge in [0.05, 0.1) is 25.8 Å². The molecule has 0 radical (unpaired) electrons. The second-order valence-electron chi connectivity index (χ2n) is 6.52. The maximum absolute atomic E-state index is 12.2. The summed E-state index contributed by atoms with van der Waals surface area (Å²) in [5.41, 5.74) is -0.703. The highest BCUT2D eigenvalue weighted by Gasteiger charge is 2.44. The molecule has 2 aliphatic heterocycles. The van der Waals surface area contributed by atoms with E-state index >= 15 is 0 Å². The van der Waals surface area contributed by atoms with Crippen LogP contribution in [0.15, 0.2) is 0 Å². The van der Waals surface area contributed by atoms with Crippen molar-refractivity contribution in [3.05, 3.63) is 0 Å². The topological polar surface area (TPSA) is 74.6 Å². The fraction of sp³-hybridized carbons (Fsp3) is 0.867. The molecule has 0 bridgehead atoms. The summed E-state index contributed by atoms with van der Waals surface area (Å²) in [5, 5.41) is 12.2. The first-order valence-corrected chi connectivity index (χ1v) is 7.78. The Balaban J connectivity index is 1.47. The number of carbonyl (C=O) groups is 1. The molecule has 1 spiro atoms. The van der Waals surface area contributed by atoms with Gasteiger partial charge in [0.2, 0.25) is 5.91 Å². The van der Waals surface area contributed by atoms with E-state index in [4.69, 9.17) is 9.47 Å². The summed E-state index contributed by atoms with van der Waals surface area (Å²) in [4.78, 5) is 14.3. The van der Waals surface area contributed by atoms with Crippen LogP contribution in [0.2, 0.25) is 0 Å². The van der Waals surface area contributed by atoms with Crippen molar-refractivity contribution in [2.24, 2.45) is 5.92 Å². The summed E-state index contributed by atoms with van der Waals surface area (Å²) >= 11 is 0. The molecule has 3 aliphatic rings. The molecule has 1 atom stereocenters. The van der Waals surface area contributed by atoms with E-state index in [-0.39, 0.29) is 5.91 Å². The first kappa shape index (κ1) is 14.8. The minimum atomic E-state index is -0.703. The van der Waals surface area contributed by atoms with Gasteiger partial charge >= 0.3 is 0 Å². The van der Waals surface area contributed by atoms with E-state index < -0.39 is 11.3 Å². The SMILES string of the molecule is C[C@@](C#N)(NC(=O)CN1CCC2(CC1)OCCO2)C1CC1. The number of rotatable bonds is 4. The van der Waals surface area contributed by atoms with E-state index in [0.717, 1.165) is 38.8 Å². The molecule has 6 nitrogen and oxygen atoms in total. The molecule has 2 saturated heterocycles. The molecule has 1 N–H and O–H groups in total. The van der Waals surface area contributed by atoms with Crippen LogP contribution < -0.4 is 5.32 Å². The van der Waals surface area contributed by atoms with Crippen molar-refractivity contribution < 1.29 is 14.3 Å². The molecule has 6 heteroatoms. The zero-order valence-corrected chi connectivity index (χ0v) is 12.6. The van der Waals surface area contributed by atoms with Crippen molar-refractivity contribution in [1.82, 2.24) is 10.2 Å². The Bertz CT molecular complexity index is 442. The molecular weight excluding hydrogens is 270 g/mol. The van der Waals surface area contributed by atoms with Gasteiger partial charge in [0, 0.05) is 25.9 Å². The van der Waals surface area contributed by atoms with Gasteiger partial charge < -0.3 is 14.8 Å². The lowest BCUT2D eigenvalue weighted by atomic mass is 9.98. The van der Waals surface area contributed by atoms with E-state index in [0.29, 0.717) is 25.7 Å². The molecule has 0 aromatic carbocycles. The second-order valence-corrected chi connectivity index (χ2v) is 6.52. The molecule has 3 rings (SSSR count). The first-order valence-electron chi connectivity index (χ1n) is 7.78. The van der Waals surface area contributed by atoms with Crippen molar-refractivity contribution in [1.29, 1.82) is 5.26 Å². The molecule has 1 aliphatic carbocycles. The van der Waals surface area contributed by atoms with Crippen LogP contribution in [0.4, 0.5) is 0 Å². The van der Waals surface area contributed by atoms with Crippen molar-refractivity contribution in [2.45, 2.75) is 43.9 Å². The van der Waals surface area contributed by atoms with Gasteiger partial charge in [-0.15, -0.1) is 0 Å². The molecule has 0 aromatic rings.